The molecule has 4 rings (SSSR count). The summed E-state index contributed by atoms with van der Waals surface area (Å²) >= 11 is 6.23. The number of amides is 3. The fourth-order valence-corrected chi connectivity index (χ4v) is 3.70. The number of methoxy groups -OCH3 is 1. The van der Waals surface area contributed by atoms with Crippen molar-refractivity contribution in [2.75, 3.05) is 29.3 Å². The van der Waals surface area contributed by atoms with Gasteiger partial charge in [0.25, 0.3) is 17.7 Å². The van der Waals surface area contributed by atoms with Gasteiger partial charge in [-0.15, -0.1) is 0 Å². The molecule has 8 nitrogen and oxygen atoms in total. The van der Waals surface area contributed by atoms with Gasteiger partial charge in [-0.3, -0.25) is 14.4 Å². The number of imide groups is 1. The molecular weight excluding hydrogens is 470 g/mol. The fourth-order valence-electron chi connectivity index (χ4n) is 3.49. The second-order valence-corrected chi connectivity index (χ2v) is 7.83. The summed E-state index contributed by atoms with van der Waals surface area (Å²) in [6, 6.07) is 20.0. The Kier molecular flexibility index (Phi) is 7.03. The number of hydrogen-bond acceptors (Lipinski definition) is 6. The van der Waals surface area contributed by atoms with E-state index >= 15 is 0 Å². The van der Waals surface area contributed by atoms with Crippen LogP contribution in [0.5, 0.6) is 11.5 Å². The van der Waals surface area contributed by atoms with Gasteiger partial charge >= 0.3 is 0 Å². The van der Waals surface area contributed by atoms with Gasteiger partial charge in [0.1, 0.15) is 22.2 Å². The Labute approximate surface area is 207 Å². The lowest BCUT2D eigenvalue weighted by Crippen LogP contribution is -2.32. The van der Waals surface area contributed by atoms with E-state index in [4.69, 9.17) is 21.1 Å². The van der Waals surface area contributed by atoms with Gasteiger partial charge in [0.2, 0.25) is 0 Å². The molecule has 0 atom stereocenters. The Morgan fingerprint density at radius 1 is 0.914 bits per heavy atom. The van der Waals surface area contributed by atoms with Gasteiger partial charge in [-0.25, -0.2) is 4.90 Å². The molecule has 0 radical (unpaired) electrons. The summed E-state index contributed by atoms with van der Waals surface area (Å²) in [5.41, 5.74) is 1.63. The molecule has 1 heterocycles. The monoisotopic (exact) mass is 491 g/mol. The highest BCUT2D eigenvalue weighted by Gasteiger charge is 2.39. The molecule has 0 fully saturated rings. The first-order valence-corrected chi connectivity index (χ1v) is 11.1. The first-order valence-electron chi connectivity index (χ1n) is 10.7. The van der Waals surface area contributed by atoms with Gasteiger partial charge < -0.3 is 20.1 Å². The topological polar surface area (TPSA) is 97.0 Å². The second kappa shape index (κ2) is 10.3. The number of rotatable bonds is 8. The van der Waals surface area contributed by atoms with Crippen molar-refractivity contribution in [3.8, 4) is 11.5 Å². The van der Waals surface area contributed by atoms with Crippen LogP contribution in [-0.4, -0.2) is 31.4 Å². The van der Waals surface area contributed by atoms with Crippen molar-refractivity contribution in [1.29, 1.82) is 0 Å². The molecule has 0 bridgehead atoms. The number of ether oxygens (including phenoxy) is 2. The minimum atomic E-state index is -0.643. The minimum Gasteiger partial charge on any atom is -0.497 e. The van der Waals surface area contributed by atoms with Crippen molar-refractivity contribution in [3.05, 3.63) is 89.1 Å². The number of nitrogens with one attached hydrogen (secondary N) is 2. The summed E-state index contributed by atoms with van der Waals surface area (Å²) in [6.45, 7) is 2.36. The SMILES string of the molecule is CCOc1ccc(N2C(=O)C(Cl)=C(Nc3cccc(C(=O)Nc4cccc(OC)c4)c3)C2=O)cc1. The van der Waals surface area contributed by atoms with Crippen LogP contribution in [0.15, 0.2) is 83.5 Å². The molecule has 0 saturated carbocycles. The predicted molar refractivity (Wildman–Crippen MR) is 134 cm³/mol. The van der Waals surface area contributed by atoms with Crippen molar-refractivity contribution in [3.63, 3.8) is 0 Å². The van der Waals surface area contributed by atoms with E-state index in [1.807, 2.05) is 6.92 Å². The molecule has 3 aromatic carbocycles. The van der Waals surface area contributed by atoms with Crippen LogP contribution in [0.2, 0.25) is 0 Å². The maximum atomic E-state index is 13.0. The predicted octanol–water partition coefficient (Wildman–Crippen LogP) is 4.78. The zero-order valence-electron chi connectivity index (χ0n) is 19.0. The van der Waals surface area contributed by atoms with Gasteiger partial charge in [0.05, 0.1) is 19.4 Å². The Hall–Kier alpha value is -4.30. The highest BCUT2D eigenvalue weighted by molar-refractivity contribution is 6.53. The molecule has 0 aromatic heterocycles. The normalized spacial score (nSPS) is 13.2. The molecular formula is C26H22ClN3O5. The van der Waals surface area contributed by atoms with Crippen molar-refractivity contribution in [2.24, 2.45) is 0 Å². The zero-order valence-corrected chi connectivity index (χ0v) is 19.8. The number of carbonyl (C=O) groups excluding carboxylic acids is 3. The lowest BCUT2D eigenvalue weighted by Gasteiger charge is -2.16. The van der Waals surface area contributed by atoms with Crippen LogP contribution in [-0.2, 0) is 9.59 Å². The summed E-state index contributed by atoms with van der Waals surface area (Å²) in [5.74, 6) is -0.365. The number of nitrogens with zero attached hydrogens (tertiary/aromatic N) is 1. The molecule has 1 aliphatic rings. The van der Waals surface area contributed by atoms with E-state index in [0.29, 0.717) is 40.7 Å². The third-order valence-electron chi connectivity index (χ3n) is 5.15. The van der Waals surface area contributed by atoms with Crippen LogP contribution in [0.3, 0.4) is 0 Å². The molecule has 178 valence electrons. The number of halogens is 1. The summed E-state index contributed by atoms with van der Waals surface area (Å²) in [4.78, 5) is 39.5. The Bertz CT molecular complexity index is 1320. The first kappa shape index (κ1) is 23.8. The largest absolute Gasteiger partial charge is 0.497 e. The smallest absolute Gasteiger partial charge is 0.283 e. The highest BCUT2D eigenvalue weighted by atomic mass is 35.5. The van der Waals surface area contributed by atoms with E-state index < -0.39 is 11.8 Å². The van der Waals surface area contributed by atoms with E-state index in [1.54, 1.807) is 79.9 Å². The van der Waals surface area contributed by atoms with Crippen molar-refractivity contribution in [1.82, 2.24) is 0 Å². The molecule has 2 N–H and O–H groups in total. The minimum absolute atomic E-state index is 0.0732. The summed E-state index contributed by atoms with van der Waals surface area (Å²) < 4.78 is 10.6. The lowest BCUT2D eigenvalue weighted by atomic mass is 10.1. The van der Waals surface area contributed by atoms with E-state index in [2.05, 4.69) is 10.6 Å². The quantitative estimate of drug-likeness (QED) is 0.440. The standard InChI is InChI=1S/C26H22ClN3O5/c1-3-35-20-12-10-19(11-13-20)30-25(32)22(27)23(26(30)33)28-17-7-4-6-16(14-17)24(31)29-18-8-5-9-21(15-18)34-2/h4-15,28H,3H2,1-2H3,(H,29,31). The fraction of sp³-hybridized carbons (Fsp3) is 0.115. The van der Waals surface area contributed by atoms with E-state index in [0.717, 1.165) is 4.90 Å². The highest BCUT2D eigenvalue weighted by Crippen LogP contribution is 2.31. The van der Waals surface area contributed by atoms with Crippen LogP contribution in [0.25, 0.3) is 0 Å². The van der Waals surface area contributed by atoms with Gasteiger partial charge in [-0.2, -0.15) is 0 Å². The maximum Gasteiger partial charge on any atom is 0.283 e. The second-order valence-electron chi connectivity index (χ2n) is 7.45. The van der Waals surface area contributed by atoms with Crippen LogP contribution in [0, 0.1) is 0 Å². The molecule has 3 aromatic rings. The maximum absolute atomic E-state index is 13.0. The van der Waals surface area contributed by atoms with Gasteiger partial charge in [0.15, 0.2) is 0 Å². The summed E-state index contributed by atoms with van der Waals surface area (Å²) in [5, 5.41) is 5.45. The third-order valence-corrected chi connectivity index (χ3v) is 5.51. The van der Waals surface area contributed by atoms with E-state index in [1.165, 1.54) is 0 Å². The van der Waals surface area contributed by atoms with Crippen molar-refractivity contribution < 1.29 is 23.9 Å². The summed E-state index contributed by atoms with van der Waals surface area (Å²) in [7, 11) is 1.54. The van der Waals surface area contributed by atoms with Gasteiger partial charge in [-0.1, -0.05) is 23.7 Å². The van der Waals surface area contributed by atoms with Gasteiger partial charge in [-0.05, 0) is 61.5 Å². The number of hydrogen-bond donors (Lipinski definition) is 2. The Morgan fingerprint density at radius 2 is 1.63 bits per heavy atom. The molecule has 0 aliphatic carbocycles. The van der Waals surface area contributed by atoms with E-state index in [-0.39, 0.29) is 16.6 Å². The van der Waals surface area contributed by atoms with Crippen molar-refractivity contribution in [2.45, 2.75) is 6.92 Å². The molecule has 1 aliphatic heterocycles. The van der Waals surface area contributed by atoms with Gasteiger partial charge in [0, 0.05) is 23.0 Å². The molecule has 3 amide bonds. The number of benzene rings is 3. The van der Waals surface area contributed by atoms with Crippen LogP contribution in [0.1, 0.15) is 17.3 Å². The average Bonchev–Trinajstić information content (AvgIpc) is 3.08. The molecule has 0 saturated heterocycles. The third kappa shape index (κ3) is 5.12. The van der Waals surface area contributed by atoms with Crippen LogP contribution < -0.4 is 25.0 Å². The number of carbonyl (C=O) groups is 3. The molecule has 0 unspecified atom stereocenters. The Morgan fingerprint density at radius 3 is 2.34 bits per heavy atom. The van der Waals surface area contributed by atoms with Crippen molar-refractivity contribution >= 4 is 46.4 Å². The Balaban J connectivity index is 1.50. The molecule has 35 heavy (non-hydrogen) atoms. The average molecular weight is 492 g/mol. The number of anilines is 3. The zero-order chi connectivity index (χ0) is 24.9. The van der Waals surface area contributed by atoms with Crippen LogP contribution in [0.4, 0.5) is 17.1 Å². The van der Waals surface area contributed by atoms with Crippen LogP contribution >= 0.6 is 11.6 Å². The first-order chi connectivity index (χ1) is 16.9. The molecule has 9 heteroatoms. The molecule has 0 spiro atoms. The van der Waals surface area contributed by atoms with E-state index in [9.17, 15) is 14.4 Å². The summed E-state index contributed by atoms with van der Waals surface area (Å²) in [6.07, 6.45) is 0. The lowest BCUT2D eigenvalue weighted by molar-refractivity contribution is -0.120.